The number of fused-ring (bicyclic) bond motifs is 1. The van der Waals surface area contributed by atoms with Crippen molar-refractivity contribution in [3.8, 4) is 0 Å². The molecule has 22 heavy (non-hydrogen) atoms. The van der Waals surface area contributed by atoms with Crippen LogP contribution in [0.25, 0.3) is 10.9 Å². The molecule has 1 N–H and O–H groups in total. The van der Waals surface area contributed by atoms with Gasteiger partial charge in [0.2, 0.25) is 0 Å². The lowest BCUT2D eigenvalue weighted by atomic mass is 10.1. The Labute approximate surface area is 135 Å². The van der Waals surface area contributed by atoms with Crippen LogP contribution in [0.3, 0.4) is 0 Å². The van der Waals surface area contributed by atoms with Crippen LogP contribution < -0.4 is 5.32 Å². The minimum Gasteiger partial charge on any atom is -0.384 e. The van der Waals surface area contributed by atoms with Crippen LogP contribution in [-0.4, -0.2) is 38.0 Å². The molecule has 0 saturated carbocycles. The monoisotopic (exact) mass is 320 g/mol. The van der Waals surface area contributed by atoms with Gasteiger partial charge in [0.05, 0.1) is 18.7 Å². The molecule has 118 valence electrons. The molecule has 0 aliphatic carbocycles. The number of rotatable bonds is 7. The van der Waals surface area contributed by atoms with E-state index in [0.717, 1.165) is 62.4 Å². The number of nitrogens with zero attached hydrogens (tertiary/aromatic N) is 1. The summed E-state index contributed by atoms with van der Waals surface area (Å²) in [6.45, 7) is 4.20. The highest BCUT2D eigenvalue weighted by atomic mass is 35.5. The number of nitrogens with one attached hydrogen (secondary N) is 1. The number of hydrogen-bond donors (Lipinski definition) is 1. The second-order valence-corrected chi connectivity index (χ2v) is 6.04. The Morgan fingerprint density at radius 1 is 1.36 bits per heavy atom. The van der Waals surface area contributed by atoms with Crippen molar-refractivity contribution in [2.75, 3.05) is 38.3 Å². The predicted molar refractivity (Wildman–Crippen MR) is 89.6 cm³/mol. The maximum atomic E-state index is 6.00. The molecule has 1 fully saturated rings. The van der Waals surface area contributed by atoms with E-state index in [1.165, 1.54) is 0 Å². The van der Waals surface area contributed by atoms with Gasteiger partial charge in [-0.3, -0.25) is 4.98 Å². The van der Waals surface area contributed by atoms with Crippen LogP contribution in [0.5, 0.6) is 0 Å². The third-order valence-electron chi connectivity index (χ3n) is 3.86. The average Bonchev–Trinajstić information content (AvgIpc) is 3.03. The first-order chi connectivity index (χ1) is 10.8. The first kappa shape index (κ1) is 15.5. The van der Waals surface area contributed by atoms with Crippen LogP contribution in [0, 0.1) is 5.92 Å². The zero-order chi connectivity index (χ0) is 15.2. The molecule has 1 saturated heterocycles. The van der Waals surface area contributed by atoms with E-state index >= 15 is 0 Å². The minimum absolute atomic E-state index is 0.585. The van der Waals surface area contributed by atoms with Gasteiger partial charge in [-0.2, -0.15) is 0 Å². The number of hydrogen-bond acceptors (Lipinski definition) is 4. The molecule has 0 amide bonds. The Kier molecular flexibility index (Phi) is 5.48. The van der Waals surface area contributed by atoms with Crippen LogP contribution in [0.4, 0.5) is 5.69 Å². The smallest absolute Gasteiger partial charge is 0.0737 e. The molecule has 1 aliphatic rings. The van der Waals surface area contributed by atoms with Gasteiger partial charge < -0.3 is 14.8 Å². The Bertz CT molecular complexity index is 615. The van der Waals surface area contributed by atoms with Crippen molar-refractivity contribution in [3.63, 3.8) is 0 Å². The van der Waals surface area contributed by atoms with Crippen LogP contribution >= 0.6 is 11.6 Å². The van der Waals surface area contributed by atoms with Crippen molar-refractivity contribution in [1.82, 2.24) is 4.98 Å². The van der Waals surface area contributed by atoms with Crippen molar-refractivity contribution >= 4 is 28.2 Å². The third kappa shape index (κ3) is 4.09. The summed E-state index contributed by atoms with van der Waals surface area (Å²) in [5.74, 6) is 0.585. The summed E-state index contributed by atoms with van der Waals surface area (Å²) in [5, 5.41) is 5.25. The summed E-state index contributed by atoms with van der Waals surface area (Å²) in [4.78, 5) is 4.34. The van der Waals surface area contributed by atoms with Crippen molar-refractivity contribution in [1.29, 1.82) is 0 Å². The van der Waals surface area contributed by atoms with Gasteiger partial charge in [0, 0.05) is 48.0 Å². The molecule has 5 heteroatoms. The fourth-order valence-corrected chi connectivity index (χ4v) is 2.80. The van der Waals surface area contributed by atoms with Crippen molar-refractivity contribution in [2.24, 2.45) is 5.92 Å². The maximum Gasteiger partial charge on any atom is 0.0737 e. The van der Waals surface area contributed by atoms with E-state index in [2.05, 4.69) is 10.3 Å². The second kappa shape index (κ2) is 7.77. The quantitative estimate of drug-likeness (QED) is 0.789. The lowest BCUT2D eigenvalue weighted by molar-refractivity contribution is 0.0897. The standard InChI is InChI=1S/C17H21ClN2O2/c18-14-2-3-15-16(4-7-20-17(15)10-14)19-6-1-8-21-11-13-5-9-22-12-13/h2-4,7,10,13H,1,5-6,8-9,11-12H2,(H,19,20). The first-order valence-corrected chi connectivity index (χ1v) is 8.14. The van der Waals surface area contributed by atoms with E-state index in [-0.39, 0.29) is 0 Å². The van der Waals surface area contributed by atoms with Gasteiger partial charge in [-0.25, -0.2) is 0 Å². The van der Waals surface area contributed by atoms with Crippen LogP contribution in [0.15, 0.2) is 30.5 Å². The maximum absolute atomic E-state index is 6.00. The molecule has 1 aromatic carbocycles. The third-order valence-corrected chi connectivity index (χ3v) is 4.10. The number of pyridine rings is 1. The number of ether oxygens (including phenoxy) is 2. The highest BCUT2D eigenvalue weighted by molar-refractivity contribution is 6.31. The van der Waals surface area contributed by atoms with Gasteiger partial charge >= 0.3 is 0 Å². The minimum atomic E-state index is 0.585. The summed E-state index contributed by atoms with van der Waals surface area (Å²) < 4.78 is 11.0. The number of benzene rings is 1. The van der Waals surface area contributed by atoms with Gasteiger partial charge in [-0.15, -0.1) is 0 Å². The first-order valence-electron chi connectivity index (χ1n) is 7.76. The van der Waals surface area contributed by atoms with Crippen molar-refractivity contribution in [3.05, 3.63) is 35.5 Å². The molecule has 2 aromatic rings. The lowest BCUT2D eigenvalue weighted by Crippen LogP contribution is -2.12. The molecule has 0 bridgehead atoms. The lowest BCUT2D eigenvalue weighted by Gasteiger charge is -2.11. The van der Waals surface area contributed by atoms with Gasteiger partial charge in [0.15, 0.2) is 0 Å². The van der Waals surface area contributed by atoms with E-state index in [1.54, 1.807) is 6.20 Å². The second-order valence-electron chi connectivity index (χ2n) is 5.60. The largest absolute Gasteiger partial charge is 0.384 e. The van der Waals surface area contributed by atoms with Crippen molar-refractivity contribution < 1.29 is 9.47 Å². The van der Waals surface area contributed by atoms with Crippen molar-refractivity contribution in [2.45, 2.75) is 12.8 Å². The van der Waals surface area contributed by atoms with Gasteiger partial charge in [-0.1, -0.05) is 11.6 Å². The van der Waals surface area contributed by atoms with Gasteiger partial charge in [0.1, 0.15) is 0 Å². The highest BCUT2D eigenvalue weighted by Gasteiger charge is 2.15. The molecule has 1 aliphatic heterocycles. The molecule has 2 heterocycles. The predicted octanol–water partition coefficient (Wildman–Crippen LogP) is 3.74. The van der Waals surface area contributed by atoms with E-state index in [0.29, 0.717) is 10.9 Å². The molecule has 1 atom stereocenters. The number of halogens is 1. The Morgan fingerprint density at radius 3 is 3.18 bits per heavy atom. The highest BCUT2D eigenvalue weighted by Crippen LogP contribution is 2.24. The Morgan fingerprint density at radius 2 is 2.32 bits per heavy atom. The molecule has 1 aromatic heterocycles. The molecular formula is C17H21ClN2O2. The van der Waals surface area contributed by atoms with E-state index < -0.39 is 0 Å². The number of aromatic nitrogens is 1. The normalized spacial score (nSPS) is 18.0. The fourth-order valence-electron chi connectivity index (χ4n) is 2.64. The van der Waals surface area contributed by atoms with Crippen LogP contribution in [-0.2, 0) is 9.47 Å². The van der Waals surface area contributed by atoms with Crippen LogP contribution in [0.1, 0.15) is 12.8 Å². The Balaban J connectivity index is 1.43. The number of anilines is 1. The molecule has 3 rings (SSSR count). The SMILES string of the molecule is Clc1ccc2c(NCCCOCC3CCOC3)ccnc2c1. The topological polar surface area (TPSA) is 43.4 Å². The summed E-state index contributed by atoms with van der Waals surface area (Å²) >= 11 is 6.00. The molecule has 0 radical (unpaired) electrons. The summed E-state index contributed by atoms with van der Waals surface area (Å²) in [6.07, 6.45) is 3.91. The average molecular weight is 321 g/mol. The zero-order valence-electron chi connectivity index (χ0n) is 12.6. The fraction of sp³-hybridized carbons (Fsp3) is 0.471. The molecular weight excluding hydrogens is 300 g/mol. The van der Waals surface area contributed by atoms with E-state index in [4.69, 9.17) is 21.1 Å². The summed E-state index contributed by atoms with van der Waals surface area (Å²) in [5.41, 5.74) is 2.00. The molecule has 0 spiro atoms. The summed E-state index contributed by atoms with van der Waals surface area (Å²) in [6, 6.07) is 7.77. The molecule has 1 unspecified atom stereocenters. The van der Waals surface area contributed by atoms with Gasteiger partial charge in [-0.05, 0) is 37.1 Å². The van der Waals surface area contributed by atoms with E-state index in [9.17, 15) is 0 Å². The Hall–Kier alpha value is -1.36. The molecule has 4 nitrogen and oxygen atoms in total. The zero-order valence-corrected chi connectivity index (χ0v) is 13.3. The summed E-state index contributed by atoms with van der Waals surface area (Å²) in [7, 11) is 0. The van der Waals surface area contributed by atoms with Gasteiger partial charge in [0.25, 0.3) is 0 Å². The van der Waals surface area contributed by atoms with E-state index in [1.807, 2.05) is 24.3 Å². The van der Waals surface area contributed by atoms with Crippen LogP contribution in [0.2, 0.25) is 5.02 Å².